The molecule has 1 aliphatic heterocycles. The van der Waals surface area contributed by atoms with Crippen molar-refractivity contribution in [1.29, 1.82) is 0 Å². The van der Waals surface area contributed by atoms with Crippen molar-refractivity contribution in [3.63, 3.8) is 0 Å². The molecule has 0 radical (unpaired) electrons. The number of nitrogens with one attached hydrogen (secondary N) is 2. The molecule has 1 aliphatic rings. The topological polar surface area (TPSA) is 98.3 Å². The lowest BCUT2D eigenvalue weighted by Gasteiger charge is -2.15. The molecule has 0 unspecified atom stereocenters. The zero-order valence-corrected chi connectivity index (χ0v) is 45.4. The third kappa shape index (κ3) is 33.5. The molecule has 7 rings (SSSR count). The van der Waals surface area contributed by atoms with Gasteiger partial charge in [0.05, 0.1) is 7.11 Å². The van der Waals surface area contributed by atoms with E-state index in [9.17, 15) is 18.0 Å². The molecule has 2 N–H and O–H groups in total. The number of amides is 1. The number of hydrogen-bond donors (Lipinski definition) is 2. The fraction of sp³-hybridized carbons (Fsp3) is 0.446. The lowest BCUT2D eigenvalue weighted by molar-refractivity contribution is -0.274. The number of allylic oxidation sites excluding steroid dienone is 2. The molecule has 0 aliphatic carbocycles. The van der Waals surface area contributed by atoms with Crippen LogP contribution in [0, 0.1) is 83.1 Å². The van der Waals surface area contributed by atoms with E-state index in [1.807, 2.05) is 104 Å². The minimum atomic E-state index is -4.61. The van der Waals surface area contributed by atoms with E-state index in [4.69, 9.17) is 16.3 Å². The molecule has 2 aromatic heterocycles. The van der Waals surface area contributed by atoms with Crippen LogP contribution in [0.5, 0.6) is 11.5 Å². The molecular weight excluding hydrogens is 991 g/mol. The fourth-order valence-corrected chi connectivity index (χ4v) is 6.24. The van der Waals surface area contributed by atoms with Crippen LogP contribution in [-0.4, -0.2) is 47.9 Å². The predicted molar refractivity (Wildman–Crippen MR) is 333 cm³/mol. The van der Waals surface area contributed by atoms with E-state index in [1.165, 1.54) is 59.5 Å². The van der Waals surface area contributed by atoms with Gasteiger partial charge in [0.15, 0.2) is 0 Å². The maximum absolute atomic E-state index is 11.8. The Bertz CT molecular complexity index is 2480. The largest absolute Gasteiger partial charge is 0.573 e. The monoisotopic (exact) mass is 1100 g/mol. The Labute approximate surface area is 474 Å². The highest BCUT2D eigenvalue weighted by atomic mass is 35.5. The highest BCUT2D eigenvalue weighted by molar-refractivity contribution is 6.30. The first kappa shape index (κ1) is 84.7. The van der Waals surface area contributed by atoms with Crippen LogP contribution in [0.25, 0.3) is 0 Å². The van der Waals surface area contributed by atoms with Gasteiger partial charge in [0, 0.05) is 60.1 Å². The number of pyridine rings is 1. The maximum Gasteiger partial charge on any atom is 0.573 e. The minimum absolute atomic E-state index is 0. The van der Waals surface area contributed by atoms with Gasteiger partial charge in [0.1, 0.15) is 17.3 Å². The second-order valence-corrected chi connectivity index (χ2v) is 17.4. The first-order chi connectivity index (χ1) is 32.8. The number of halogens is 4. The second kappa shape index (κ2) is 43.9. The number of rotatable bonds is 4. The van der Waals surface area contributed by atoms with Crippen molar-refractivity contribution in [3.05, 3.63) is 192 Å². The van der Waals surface area contributed by atoms with E-state index >= 15 is 0 Å². The standard InChI is InChI=1S/C10H13NO.C9H11ClO.C9H9F3O.C8H12N2.C8H10.C7H13N.C7H9N.7CH4/c1-7-5-4-6-9(8(7)2)10(12)11-3;1-6-4-8(10)5-9(11-3)7(6)2;1-6-3-4-8(5-7(6)2)13-9(10,11)12;1-4-8-9-5-6(2)7(3)10-8;1-7-5-3-4-6-8(7)2;2*1-6-4-3-5-8-7(6)2;;;;;;;/h4-6H,1-3H3,(H,11,12);4-5H,1-3H3;3-5H,1-2H3;5H,4H2,1-3H3;3-6H,1-2H3;8H,3-5H2,1-2H3;3-5H,1-2H3;7*1H4. The van der Waals surface area contributed by atoms with E-state index in [-0.39, 0.29) is 63.6 Å². The van der Waals surface area contributed by atoms with Crippen LogP contribution >= 0.6 is 11.6 Å². The Balaban J connectivity index is -0.000000147. The van der Waals surface area contributed by atoms with Crippen LogP contribution in [0.4, 0.5) is 13.2 Å². The normalized spacial score (nSPS) is 10.2. The molecule has 436 valence electrons. The van der Waals surface area contributed by atoms with E-state index in [0.29, 0.717) is 0 Å². The maximum atomic E-state index is 11.8. The van der Waals surface area contributed by atoms with Gasteiger partial charge in [0.25, 0.3) is 5.91 Å². The molecule has 0 fully saturated rings. The first-order valence-corrected chi connectivity index (χ1v) is 23.7. The molecule has 6 aromatic rings. The first-order valence-electron chi connectivity index (χ1n) is 23.4. The minimum Gasteiger partial charge on any atom is -0.496 e. The zero-order valence-electron chi connectivity index (χ0n) is 44.6. The van der Waals surface area contributed by atoms with Gasteiger partial charge in [-0.15, -0.1) is 13.2 Å². The van der Waals surface area contributed by atoms with Crippen molar-refractivity contribution in [3.8, 4) is 11.5 Å². The van der Waals surface area contributed by atoms with Crippen LogP contribution in [0.1, 0.15) is 169 Å². The molecule has 4 aromatic carbocycles. The van der Waals surface area contributed by atoms with E-state index < -0.39 is 6.36 Å². The molecule has 0 spiro atoms. The van der Waals surface area contributed by atoms with Crippen LogP contribution in [-0.2, 0) is 6.42 Å². The van der Waals surface area contributed by atoms with Gasteiger partial charge < -0.3 is 20.1 Å². The Morgan fingerprint density at radius 2 is 1.18 bits per heavy atom. The molecule has 0 bridgehead atoms. The highest BCUT2D eigenvalue weighted by Gasteiger charge is 2.31. The molecule has 3 heterocycles. The van der Waals surface area contributed by atoms with Crippen molar-refractivity contribution in [1.82, 2.24) is 25.6 Å². The van der Waals surface area contributed by atoms with Crippen molar-refractivity contribution in [2.24, 2.45) is 0 Å². The quantitative estimate of drug-likeness (QED) is 0.181. The lowest BCUT2D eigenvalue weighted by atomic mass is 10.0. The van der Waals surface area contributed by atoms with Gasteiger partial charge in [-0.2, -0.15) is 0 Å². The molecule has 77 heavy (non-hydrogen) atoms. The smallest absolute Gasteiger partial charge is 0.496 e. The van der Waals surface area contributed by atoms with Crippen molar-refractivity contribution in [2.45, 2.75) is 181 Å². The molecule has 8 nitrogen and oxygen atoms in total. The van der Waals surface area contributed by atoms with E-state index in [0.717, 1.165) is 78.9 Å². The number of aromatic nitrogens is 3. The van der Waals surface area contributed by atoms with Gasteiger partial charge in [-0.05, 0) is 202 Å². The van der Waals surface area contributed by atoms with Crippen LogP contribution in [0.2, 0.25) is 5.02 Å². The van der Waals surface area contributed by atoms with E-state index in [1.54, 1.807) is 27.1 Å². The summed E-state index contributed by atoms with van der Waals surface area (Å²) in [6.07, 6.45) is 2.59. The Morgan fingerprint density at radius 1 is 0.636 bits per heavy atom. The summed E-state index contributed by atoms with van der Waals surface area (Å²) >= 11 is 5.82. The van der Waals surface area contributed by atoms with Crippen LogP contribution in [0.15, 0.2) is 109 Å². The number of carbonyl (C=O) groups is 1. The predicted octanol–water partition coefficient (Wildman–Crippen LogP) is 19.6. The zero-order chi connectivity index (χ0) is 53.1. The van der Waals surface area contributed by atoms with E-state index in [2.05, 4.69) is 102 Å². The summed E-state index contributed by atoms with van der Waals surface area (Å²) in [5.74, 6) is 1.60. The number of nitrogens with zero attached hydrogens (tertiary/aromatic N) is 3. The summed E-state index contributed by atoms with van der Waals surface area (Å²) in [6, 6.07) is 26.1. The number of aryl methyl sites for hydroxylation is 11. The Hall–Kier alpha value is -6.20. The molecule has 1 amide bonds. The highest BCUT2D eigenvalue weighted by Crippen LogP contribution is 2.26. The molecule has 0 saturated carbocycles. The third-order valence-electron chi connectivity index (χ3n) is 11.6. The summed E-state index contributed by atoms with van der Waals surface area (Å²) in [5.41, 5.74) is 17.3. The fourth-order valence-electron chi connectivity index (χ4n) is 5.98. The van der Waals surface area contributed by atoms with Crippen molar-refractivity contribution >= 4 is 17.5 Å². The summed E-state index contributed by atoms with van der Waals surface area (Å²) in [4.78, 5) is 23.8. The summed E-state index contributed by atoms with van der Waals surface area (Å²) in [6.45, 7) is 31.5. The third-order valence-corrected chi connectivity index (χ3v) is 11.9. The Kier molecular flexibility index (Phi) is 48.3. The van der Waals surface area contributed by atoms with Crippen molar-refractivity contribution < 1.29 is 27.4 Å². The van der Waals surface area contributed by atoms with Gasteiger partial charge in [-0.25, -0.2) is 9.97 Å². The van der Waals surface area contributed by atoms with Gasteiger partial charge >= 0.3 is 6.36 Å². The summed E-state index contributed by atoms with van der Waals surface area (Å²) in [5, 5.41) is 6.65. The SMILES string of the molecule is C.C.C.C.C.C.C.CC1=C(C)NCCC1.CCc1ncc(C)c(C)n1.CNC(=O)c1cccc(C)c1C.COc1cc(Cl)cc(C)c1C.Cc1ccc(OC(F)(F)F)cc1C.Cc1ccccc1C.Cc1cccnc1C. The number of ether oxygens (including phenoxy) is 2. The molecule has 0 atom stereocenters. The number of benzene rings is 4. The Morgan fingerprint density at radius 3 is 1.60 bits per heavy atom. The second-order valence-electron chi connectivity index (χ2n) is 17.0. The average Bonchev–Trinajstić information content (AvgIpc) is 3.31. The molecule has 12 heteroatoms. The van der Waals surface area contributed by atoms with Crippen molar-refractivity contribution in [2.75, 3.05) is 20.7 Å². The number of alkyl halides is 3. The number of methoxy groups -OCH3 is 1. The number of carbonyl (C=O) groups excluding carboxylic acids is 1. The lowest BCUT2D eigenvalue weighted by Crippen LogP contribution is -2.19. The summed E-state index contributed by atoms with van der Waals surface area (Å²) in [7, 11) is 3.29. The summed E-state index contributed by atoms with van der Waals surface area (Å²) < 4.78 is 44.1. The van der Waals surface area contributed by atoms with Crippen LogP contribution in [0.3, 0.4) is 0 Å². The van der Waals surface area contributed by atoms with Gasteiger partial charge in [-0.3, -0.25) is 9.78 Å². The van der Waals surface area contributed by atoms with Gasteiger partial charge in [-0.1, -0.05) is 125 Å². The van der Waals surface area contributed by atoms with Gasteiger partial charge in [0.2, 0.25) is 0 Å². The molecular formula is C65H105ClF3N5O3. The van der Waals surface area contributed by atoms with Crippen LogP contribution < -0.4 is 20.1 Å². The average molecular weight is 1100 g/mol. The molecule has 0 saturated heterocycles. The number of hydrogen-bond acceptors (Lipinski definition) is 7.